The van der Waals surface area contributed by atoms with Gasteiger partial charge in [0.05, 0.1) is 0 Å². The van der Waals surface area contributed by atoms with Gasteiger partial charge in [-0.05, 0) is 226 Å². The third-order valence-electron chi connectivity index (χ3n) is 17.0. The molecule has 4 unspecified atom stereocenters. The molecule has 13 rings (SSSR count). The number of benzene rings is 4. The first kappa shape index (κ1) is 60.0. The van der Waals surface area contributed by atoms with Crippen LogP contribution >= 0.6 is 49.6 Å². The van der Waals surface area contributed by atoms with Gasteiger partial charge in [0.15, 0.2) is 46.0 Å². The second-order valence-corrected chi connectivity index (χ2v) is 20.5. The molecule has 0 spiro atoms. The van der Waals surface area contributed by atoms with Gasteiger partial charge < -0.3 is 81.1 Å². The van der Waals surface area contributed by atoms with Crippen molar-refractivity contribution in [2.24, 2.45) is 10.8 Å². The lowest BCUT2D eigenvalue weighted by Gasteiger charge is -2.40. The number of rotatable bonds is 12. The molecule has 20 heteroatoms. The third-order valence-corrected chi connectivity index (χ3v) is 17.0. The number of hydrogen-bond acceptors (Lipinski definition) is 12. The molecule has 406 valence electrons. The van der Waals surface area contributed by atoms with Crippen LogP contribution in [0.2, 0.25) is 0 Å². The maximum Gasteiger partial charge on any atom is 0.231 e. The van der Waals surface area contributed by atoms with Gasteiger partial charge in [-0.25, -0.2) is 0 Å². The molecule has 0 saturated heterocycles. The summed E-state index contributed by atoms with van der Waals surface area (Å²) in [4.78, 5) is 0. The summed E-state index contributed by atoms with van der Waals surface area (Å²) in [6.07, 6.45) is 16.9. The Balaban J connectivity index is 0.00000124. The highest BCUT2D eigenvalue weighted by Crippen LogP contribution is 2.61. The molecule has 4 aromatic rings. The summed E-state index contributed by atoms with van der Waals surface area (Å²) in [5, 5.41) is 15.9. The van der Waals surface area contributed by atoms with Crippen LogP contribution in [0.15, 0.2) is 48.5 Å². The average molecular weight is 1100 g/mol. The van der Waals surface area contributed by atoms with Crippen molar-refractivity contribution in [2.45, 2.75) is 120 Å². The zero-order valence-electron chi connectivity index (χ0n) is 41.1. The second-order valence-electron chi connectivity index (χ2n) is 20.5. The first-order valence-corrected chi connectivity index (χ1v) is 24.7. The van der Waals surface area contributed by atoms with Crippen LogP contribution in [0.3, 0.4) is 0 Å². The molecule has 16 nitrogen and oxygen atoms in total. The van der Waals surface area contributed by atoms with Crippen molar-refractivity contribution in [3.63, 3.8) is 0 Å². The Morgan fingerprint density at radius 3 is 0.795 bits per heavy atom. The summed E-state index contributed by atoms with van der Waals surface area (Å²) in [5.41, 5.74) is 11.6. The van der Waals surface area contributed by atoms with Gasteiger partial charge in [-0.1, -0.05) is 0 Å². The van der Waals surface area contributed by atoms with Crippen molar-refractivity contribution in [1.82, 2.24) is 21.3 Å². The predicted octanol–water partition coefficient (Wildman–Crippen LogP) is 7.12. The first-order chi connectivity index (χ1) is 32.0. The Bertz CT molecular complexity index is 2200. The van der Waals surface area contributed by atoms with E-state index in [1.165, 1.54) is 89.5 Å². The van der Waals surface area contributed by atoms with Gasteiger partial charge in [0.25, 0.3) is 0 Å². The summed E-state index contributed by atoms with van der Waals surface area (Å²) in [7, 11) is 0. The molecule has 4 aromatic carbocycles. The minimum atomic E-state index is 0. The summed E-state index contributed by atoms with van der Waals surface area (Å²) in [6, 6.07) is 19.2. The SMILES string of the molecule is Cl.Cl.Cl.Cl.O.O.O.O.c1c2c(cc3c1OCO3)C(CCC1(CCC3NCCc4cc5c(cc43)OCO5)CCC(CCC3NCCc4cc5c(cc43)OCO5)(CCC3NCCc4cc5c(cc43)OCO5)C1)NCC2. The zero-order valence-corrected chi connectivity index (χ0v) is 44.4. The minimum absolute atomic E-state index is 0. The van der Waals surface area contributed by atoms with E-state index in [0.29, 0.717) is 51.3 Å². The lowest BCUT2D eigenvalue weighted by Crippen LogP contribution is -2.34. The topological polar surface area (TPSA) is 248 Å². The summed E-state index contributed by atoms with van der Waals surface area (Å²) >= 11 is 0. The average Bonchev–Trinajstić information content (AvgIpc) is 4.20. The van der Waals surface area contributed by atoms with Crippen molar-refractivity contribution in [1.29, 1.82) is 0 Å². The summed E-state index contributed by atoms with van der Waals surface area (Å²) in [6.45, 7) is 5.17. The van der Waals surface area contributed by atoms with Crippen molar-refractivity contribution in [3.05, 3.63) is 93.0 Å². The largest absolute Gasteiger partial charge is 0.454 e. The van der Waals surface area contributed by atoms with Gasteiger partial charge in [0.1, 0.15) is 0 Å². The molecule has 9 aliphatic rings. The molecule has 1 aliphatic carbocycles. The normalized spacial score (nSPS) is 25.3. The quantitative estimate of drug-likeness (QED) is 0.111. The van der Waals surface area contributed by atoms with Crippen LogP contribution in [0.5, 0.6) is 46.0 Å². The Morgan fingerprint density at radius 2 is 0.562 bits per heavy atom. The monoisotopic (exact) mass is 1100 g/mol. The number of ether oxygens (including phenoxy) is 8. The number of fused-ring (bicyclic) bond motifs is 8. The molecular formula is C53H74Cl4N4O12. The smallest absolute Gasteiger partial charge is 0.231 e. The molecule has 1 saturated carbocycles. The molecule has 0 radical (unpaired) electrons. The van der Waals surface area contributed by atoms with E-state index >= 15 is 0 Å². The van der Waals surface area contributed by atoms with Crippen LogP contribution in [0.25, 0.3) is 0 Å². The fourth-order valence-electron chi connectivity index (χ4n) is 13.6. The Morgan fingerprint density at radius 1 is 0.342 bits per heavy atom. The van der Waals surface area contributed by atoms with E-state index in [1.54, 1.807) is 0 Å². The second kappa shape index (κ2) is 24.9. The summed E-state index contributed by atoms with van der Waals surface area (Å²) < 4.78 is 47.1. The van der Waals surface area contributed by atoms with E-state index in [4.69, 9.17) is 37.9 Å². The standard InChI is InChI=1S/C53H62N4O8.4ClH.4H2O/c1(40-36-23-48-44(58-28-62-48)19-32(36)5-15-54-40)9-52(10-2-41-37-24-49-45(59-29-63-49)20-33(37)6-16-55-41)13-14-53(27-52,11-3-42-38-25-50-46(60-30-64-50)21-34(38)7-17-56-42)12-4-43-39-26-51-47(61-31-65-51)22-35(39)8-18-57-43;;;;;;;;/h19-26,40-43,54-57H,1-18,27-31H2;4*1H;4*1H2. The van der Waals surface area contributed by atoms with Crippen molar-refractivity contribution in [2.75, 3.05) is 53.4 Å². The molecular weight excluding hydrogens is 1030 g/mol. The molecule has 1 fully saturated rings. The number of hydrogen-bond donors (Lipinski definition) is 4. The molecule has 8 aliphatic heterocycles. The van der Waals surface area contributed by atoms with Crippen molar-refractivity contribution >= 4 is 49.6 Å². The van der Waals surface area contributed by atoms with E-state index in [0.717, 1.165) is 124 Å². The molecule has 4 atom stereocenters. The van der Waals surface area contributed by atoms with Gasteiger partial charge in [0.2, 0.25) is 27.2 Å². The maximum atomic E-state index is 5.93. The molecule has 73 heavy (non-hydrogen) atoms. The Labute approximate surface area is 452 Å². The lowest BCUT2D eigenvalue weighted by molar-refractivity contribution is 0.147. The highest BCUT2D eigenvalue weighted by Gasteiger charge is 2.49. The van der Waals surface area contributed by atoms with Crippen molar-refractivity contribution in [3.8, 4) is 46.0 Å². The third kappa shape index (κ3) is 11.5. The fraction of sp³-hybridized carbons (Fsp3) is 0.547. The van der Waals surface area contributed by atoms with E-state index in [1.807, 2.05) is 0 Å². The fourth-order valence-corrected chi connectivity index (χ4v) is 13.6. The highest BCUT2D eigenvalue weighted by atomic mass is 35.5. The number of halogens is 4. The van der Waals surface area contributed by atoms with Crippen LogP contribution in [0.4, 0.5) is 0 Å². The van der Waals surface area contributed by atoms with Gasteiger partial charge in [0, 0.05) is 24.2 Å². The van der Waals surface area contributed by atoms with E-state index in [2.05, 4.69) is 69.8 Å². The van der Waals surface area contributed by atoms with Crippen LogP contribution in [-0.2, 0) is 25.7 Å². The molecule has 0 bridgehead atoms. The Kier molecular flexibility index (Phi) is 20.4. The highest BCUT2D eigenvalue weighted by molar-refractivity contribution is 5.86. The van der Waals surface area contributed by atoms with Gasteiger partial charge in [-0.2, -0.15) is 0 Å². The maximum absolute atomic E-state index is 5.93. The number of nitrogens with one attached hydrogen (secondary N) is 4. The molecule has 0 amide bonds. The van der Waals surface area contributed by atoms with E-state index in [-0.39, 0.29) is 82.4 Å². The van der Waals surface area contributed by atoms with Crippen LogP contribution in [0.1, 0.15) is 139 Å². The van der Waals surface area contributed by atoms with Crippen molar-refractivity contribution < 1.29 is 59.8 Å². The van der Waals surface area contributed by atoms with Crippen LogP contribution < -0.4 is 59.2 Å². The lowest BCUT2D eigenvalue weighted by atomic mass is 9.68. The van der Waals surface area contributed by atoms with Gasteiger partial charge in [-0.15, -0.1) is 49.6 Å². The predicted molar refractivity (Wildman–Crippen MR) is 287 cm³/mol. The minimum Gasteiger partial charge on any atom is -0.454 e. The van der Waals surface area contributed by atoms with Crippen LogP contribution in [0, 0.1) is 10.8 Å². The Hall–Kier alpha value is -3.88. The molecule has 12 N–H and O–H groups in total. The molecule has 8 heterocycles. The van der Waals surface area contributed by atoms with Crippen LogP contribution in [-0.4, -0.2) is 75.3 Å². The van der Waals surface area contributed by atoms with E-state index in [9.17, 15) is 0 Å². The molecule has 0 aromatic heterocycles. The summed E-state index contributed by atoms with van der Waals surface area (Å²) in [5.74, 6) is 7.13. The van der Waals surface area contributed by atoms with Gasteiger partial charge in [-0.3, -0.25) is 0 Å². The first-order valence-electron chi connectivity index (χ1n) is 24.7. The zero-order chi connectivity index (χ0) is 43.0. The van der Waals surface area contributed by atoms with E-state index < -0.39 is 0 Å². The van der Waals surface area contributed by atoms with Gasteiger partial charge >= 0.3 is 0 Å².